The molecule has 1 aromatic heterocycles. The zero-order valence-corrected chi connectivity index (χ0v) is 19.0. The van der Waals surface area contributed by atoms with E-state index in [1.165, 1.54) is 11.8 Å². The van der Waals surface area contributed by atoms with Crippen LogP contribution < -0.4 is 0 Å². The molecule has 1 amide bonds. The van der Waals surface area contributed by atoms with Crippen LogP contribution in [0.1, 0.15) is 11.4 Å². The van der Waals surface area contributed by atoms with E-state index < -0.39 is 0 Å². The first-order valence-electron chi connectivity index (χ1n) is 9.80. The van der Waals surface area contributed by atoms with E-state index in [1.807, 2.05) is 54.6 Å². The molecule has 2 heterocycles. The number of fused-ring (bicyclic) bond motifs is 1. The molecule has 0 unspecified atom stereocenters. The number of hydrogen-bond donors (Lipinski definition) is 1. The van der Waals surface area contributed by atoms with E-state index in [2.05, 4.69) is 9.97 Å². The second-order valence-corrected chi connectivity index (χ2v) is 9.01. The van der Waals surface area contributed by atoms with Crippen LogP contribution in [0.2, 0.25) is 10.0 Å². The zero-order valence-electron chi connectivity index (χ0n) is 16.6. The van der Waals surface area contributed by atoms with Crippen LogP contribution >= 0.6 is 35.0 Å². The van der Waals surface area contributed by atoms with E-state index in [0.29, 0.717) is 31.6 Å². The molecule has 0 bridgehead atoms. The number of H-pyrrole nitrogens is 1. The molecular weight excluding hydrogens is 463 g/mol. The molecule has 0 saturated carbocycles. The van der Waals surface area contributed by atoms with Gasteiger partial charge in [0.15, 0.2) is 5.17 Å². The van der Waals surface area contributed by atoms with Gasteiger partial charge in [0, 0.05) is 10.0 Å². The lowest BCUT2D eigenvalue weighted by Gasteiger charge is -2.13. The Labute approximate surface area is 198 Å². The molecule has 0 atom stereocenters. The van der Waals surface area contributed by atoms with Crippen molar-refractivity contribution in [2.45, 2.75) is 6.54 Å². The molecule has 1 aliphatic rings. The highest BCUT2D eigenvalue weighted by atomic mass is 35.5. The van der Waals surface area contributed by atoms with Crippen LogP contribution in [0.25, 0.3) is 17.1 Å². The summed E-state index contributed by atoms with van der Waals surface area (Å²) in [4.78, 5) is 28.1. The van der Waals surface area contributed by atoms with E-state index in [4.69, 9.17) is 28.2 Å². The van der Waals surface area contributed by atoms with Crippen molar-refractivity contribution in [2.75, 3.05) is 0 Å². The van der Waals surface area contributed by atoms with Crippen molar-refractivity contribution >= 4 is 68.8 Å². The van der Waals surface area contributed by atoms with Crippen molar-refractivity contribution in [1.82, 2.24) is 14.9 Å². The van der Waals surface area contributed by atoms with Crippen molar-refractivity contribution in [2.24, 2.45) is 4.99 Å². The fourth-order valence-electron chi connectivity index (χ4n) is 3.30. The van der Waals surface area contributed by atoms with Gasteiger partial charge in [0.1, 0.15) is 5.82 Å². The van der Waals surface area contributed by atoms with Crippen molar-refractivity contribution in [3.63, 3.8) is 0 Å². The van der Waals surface area contributed by atoms with Gasteiger partial charge >= 0.3 is 0 Å². The van der Waals surface area contributed by atoms with Crippen LogP contribution in [-0.4, -0.2) is 25.9 Å². The summed E-state index contributed by atoms with van der Waals surface area (Å²) in [6.45, 7) is 0.283. The Morgan fingerprint density at radius 2 is 1.66 bits per heavy atom. The maximum atomic E-state index is 13.3. The first-order chi connectivity index (χ1) is 15.5. The number of hydrogen-bond acceptors (Lipinski definition) is 4. The van der Waals surface area contributed by atoms with Gasteiger partial charge in [-0.2, -0.15) is 0 Å². The monoisotopic (exact) mass is 478 g/mol. The van der Waals surface area contributed by atoms with Crippen LogP contribution in [0.3, 0.4) is 0 Å². The molecule has 1 saturated heterocycles. The van der Waals surface area contributed by atoms with Crippen molar-refractivity contribution in [3.05, 3.63) is 99.1 Å². The summed E-state index contributed by atoms with van der Waals surface area (Å²) in [5.41, 5.74) is 3.39. The third-order valence-electron chi connectivity index (χ3n) is 4.85. The van der Waals surface area contributed by atoms with Gasteiger partial charge in [-0.25, -0.2) is 9.98 Å². The predicted molar refractivity (Wildman–Crippen MR) is 132 cm³/mol. The smallest absolute Gasteiger partial charge is 0.267 e. The first kappa shape index (κ1) is 20.8. The number of nitrogens with zero attached hydrogens (tertiary/aromatic N) is 3. The molecule has 8 heteroatoms. The Kier molecular flexibility index (Phi) is 5.74. The minimum Gasteiger partial charge on any atom is -0.340 e. The summed E-state index contributed by atoms with van der Waals surface area (Å²) in [5.74, 6) is 0.565. The molecule has 1 fully saturated rings. The number of carbonyl (C=O) groups excluding carboxylic acids is 1. The van der Waals surface area contributed by atoms with Gasteiger partial charge < -0.3 is 4.98 Å². The second kappa shape index (κ2) is 8.82. The number of benzene rings is 3. The number of aromatic amines is 1. The standard InChI is InChI=1S/C24H16Cl2N4OS/c25-16-7-5-15(6-8-16)13-21-23(31)30(14-22-28-19-3-1-2-4-20(19)29-22)24(32-21)27-18-11-9-17(26)10-12-18/h1-13H,14H2,(H,28,29)/b21-13-,27-24?. The Bertz CT molecular complexity index is 1330. The Morgan fingerprint density at radius 1 is 0.969 bits per heavy atom. The lowest BCUT2D eigenvalue weighted by molar-refractivity contribution is -0.122. The van der Waals surface area contributed by atoms with E-state index in [1.54, 1.807) is 29.2 Å². The van der Waals surface area contributed by atoms with Gasteiger partial charge in [0.05, 0.1) is 28.2 Å². The minimum absolute atomic E-state index is 0.127. The summed E-state index contributed by atoms with van der Waals surface area (Å²) >= 11 is 13.3. The Hall–Kier alpha value is -3.06. The van der Waals surface area contributed by atoms with Gasteiger partial charge in [-0.15, -0.1) is 0 Å². The fourth-order valence-corrected chi connectivity index (χ4v) is 4.55. The van der Waals surface area contributed by atoms with E-state index in [0.717, 1.165) is 16.6 Å². The maximum Gasteiger partial charge on any atom is 0.267 e. The number of aliphatic imine (C=N–C) groups is 1. The topological polar surface area (TPSA) is 61.4 Å². The highest BCUT2D eigenvalue weighted by Gasteiger charge is 2.34. The number of imidazole rings is 1. The number of amides is 1. The molecule has 0 aliphatic carbocycles. The van der Waals surface area contributed by atoms with Crippen molar-refractivity contribution < 1.29 is 4.79 Å². The second-order valence-electron chi connectivity index (χ2n) is 7.12. The first-order valence-corrected chi connectivity index (χ1v) is 11.4. The van der Waals surface area contributed by atoms with Gasteiger partial charge in [-0.3, -0.25) is 9.69 Å². The summed E-state index contributed by atoms with van der Waals surface area (Å²) in [7, 11) is 0. The number of aromatic nitrogens is 2. The minimum atomic E-state index is -0.127. The number of carbonyl (C=O) groups is 1. The number of nitrogens with one attached hydrogen (secondary N) is 1. The average Bonchev–Trinajstić information content (AvgIpc) is 3.33. The molecule has 158 valence electrons. The summed E-state index contributed by atoms with van der Waals surface area (Å²) in [5, 5.41) is 1.86. The molecule has 1 N–H and O–H groups in total. The van der Waals surface area contributed by atoms with Crippen LogP contribution in [-0.2, 0) is 11.3 Å². The van der Waals surface area contributed by atoms with Crippen molar-refractivity contribution in [3.8, 4) is 0 Å². The molecule has 32 heavy (non-hydrogen) atoms. The summed E-state index contributed by atoms with van der Waals surface area (Å²) in [6.07, 6.45) is 1.85. The molecule has 0 spiro atoms. The zero-order chi connectivity index (χ0) is 22.1. The Balaban J connectivity index is 1.51. The number of halogens is 2. The summed E-state index contributed by atoms with van der Waals surface area (Å²) in [6, 6.07) is 22.3. The predicted octanol–water partition coefficient (Wildman–Crippen LogP) is 6.67. The highest BCUT2D eigenvalue weighted by molar-refractivity contribution is 8.18. The average molecular weight is 479 g/mol. The van der Waals surface area contributed by atoms with Crippen LogP contribution in [0.15, 0.2) is 82.7 Å². The molecule has 0 radical (unpaired) electrons. The number of rotatable bonds is 4. The number of para-hydroxylation sites is 2. The lowest BCUT2D eigenvalue weighted by atomic mass is 10.2. The molecule has 5 nitrogen and oxygen atoms in total. The molecule has 1 aliphatic heterocycles. The van der Waals surface area contributed by atoms with Crippen LogP contribution in [0.5, 0.6) is 0 Å². The van der Waals surface area contributed by atoms with E-state index in [-0.39, 0.29) is 12.5 Å². The molecular formula is C24H16Cl2N4OS. The SMILES string of the molecule is O=C1/C(=C/c2ccc(Cl)cc2)SC(=Nc2ccc(Cl)cc2)N1Cc1nc2ccccc2[nH]1. The van der Waals surface area contributed by atoms with E-state index >= 15 is 0 Å². The van der Waals surface area contributed by atoms with Crippen molar-refractivity contribution in [1.29, 1.82) is 0 Å². The third kappa shape index (κ3) is 4.43. The van der Waals surface area contributed by atoms with Crippen LogP contribution in [0.4, 0.5) is 5.69 Å². The molecule has 3 aromatic carbocycles. The molecule has 4 aromatic rings. The quantitative estimate of drug-likeness (QED) is 0.333. The van der Waals surface area contributed by atoms with Gasteiger partial charge in [-0.05, 0) is 71.9 Å². The Morgan fingerprint density at radius 3 is 2.38 bits per heavy atom. The fraction of sp³-hybridized carbons (Fsp3) is 0.0417. The largest absolute Gasteiger partial charge is 0.340 e. The van der Waals surface area contributed by atoms with E-state index in [9.17, 15) is 4.79 Å². The number of amidine groups is 1. The number of thioether (sulfide) groups is 1. The maximum absolute atomic E-state index is 13.3. The molecule has 5 rings (SSSR count). The van der Waals surface area contributed by atoms with Gasteiger partial charge in [0.25, 0.3) is 5.91 Å². The highest BCUT2D eigenvalue weighted by Crippen LogP contribution is 2.35. The lowest BCUT2D eigenvalue weighted by Crippen LogP contribution is -2.29. The summed E-state index contributed by atoms with van der Waals surface area (Å²) < 4.78 is 0. The van der Waals surface area contributed by atoms with Crippen LogP contribution in [0, 0.1) is 0 Å². The third-order valence-corrected chi connectivity index (χ3v) is 6.36. The van der Waals surface area contributed by atoms with Gasteiger partial charge in [0.2, 0.25) is 0 Å². The normalized spacial score (nSPS) is 16.6. The van der Waals surface area contributed by atoms with Gasteiger partial charge in [-0.1, -0.05) is 47.5 Å².